The van der Waals surface area contributed by atoms with Gasteiger partial charge in [0.25, 0.3) is 0 Å². The zero-order valence-corrected chi connectivity index (χ0v) is 8.71. The molecule has 0 spiro atoms. The second-order valence-electron chi connectivity index (χ2n) is 3.96. The molecule has 0 saturated heterocycles. The lowest BCUT2D eigenvalue weighted by Crippen LogP contribution is -1.94. The minimum atomic E-state index is 1.13. The molecule has 0 aromatic rings. The average molecular weight is 186 g/mol. The number of rotatable bonds is 1. The summed E-state index contributed by atoms with van der Waals surface area (Å²) in [5.74, 6) is 0. The lowest BCUT2D eigenvalue weighted by molar-refractivity contribution is 0.901. The van der Waals surface area contributed by atoms with Gasteiger partial charge < -0.3 is 0 Å². The summed E-state index contributed by atoms with van der Waals surface area (Å²) in [5.41, 5.74) is 3.17. The predicted octanol–water partition coefficient (Wildman–Crippen LogP) is 4.32. The molecule has 0 amide bonds. The zero-order valence-electron chi connectivity index (χ0n) is 8.71. The van der Waals surface area contributed by atoms with Crippen molar-refractivity contribution < 1.29 is 0 Å². The van der Waals surface area contributed by atoms with Gasteiger partial charge in [0.15, 0.2) is 0 Å². The first kappa shape index (κ1) is 9.51. The molecule has 0 fully saturated rings. The summed E-state index contributed by atoms with van der Waals surface area (Å²) in [6, 6.07) is 0. The van der Waals surface area contributed by atoms with Crippen LogP contribution in [0.2, 0.25) is 0 Å². The van der Waals surface area contributed by atoms with Crippen LogP contribution in [0.5, 0.6) is 0 Å². The van der Waals surface area contributed by atoms with Crippen LogP contribution in [0.15, 0.2) is 47.6 Å². The van der Waals surface area contributed by atoms with Crippen LogP contribution in [0.1, 0.15) is 38.5 Å². The molecule has 0 saturated carbocycles. The maximum Gasteiger partial charge on any atom is -0.00978 e. The van der Waals surface area contributed by atoms with Gasteiger partial charge >= 0.3 is 0 Å². The van der Waals surface area contributed by atoms with Crippen molar-refractivity contribution >= 4 is 0 Å². The Morgan fingerprint density at radius 3 is 2.50 bits per heavy atom. The largest absolute Gasteiger partial charge is 0.0882 e. The Morgan fingerprint density at radius 1 is 0.714 bits per heavy atom. The first-order valence-electron chi connectivity index (χ1n) is 5.65. The minimum Gasteiger partial charge on any atom is -0.0882 e. The van der Waals surface area contributed by atoms with Gasteiger partial charge in [-0.05, 0) is 49.7 Å². The molecule has 0 heteroatoms. The molecular weight excluding hydrogens is 168 g/mol. The van der Waals surface area contributed by atoms with E-state index < -0.39 is 0 Å². The van der Waals surface area contributed by atoms with Crippen LogP contribution in [0.25, 0.3) is 0 Å². The summed E-state index contributed by atoms with van der Waals surface area (Å²) in [4.78, 5) is 0. The van der Waals surface area contributed by atoms with Gasteiger partial charge in [-0.15, -0.1) is 0 Å². The molecule has 0 aromatic heterocycles. The van der Waals surface area contributed by atoms with Crippen LogP contribution >= 0.6 is 0 Å². The van der Waals surface area contributed by atoms with E-state index in [9.17, 15) is 0 Å². The maximum atomic E-state index is 2.44. The monoisotopic (exact) mass is 186 g/mol. The number of hydrogen-bond acceptors (Lipinski definition) is 0. The standard InChI is InChI=1S/C14H18/c1-2-5-9-13(10-6-3-1)14-11-7-4-8-12-14/h1-2,4,7,10,12H,3,5-6,8-9,11H2. The van der Waals surface area contributed by atoms with Crippen molar-refractivity contribution in [2.75, 3.05) is 0 Å². The van der Waals surface area contributed by atoms with Crippen LogP contribution in [-0.4, -0.2) is 0 Å². The Balaban J connectivity index is 2.04. The second kappa shape index (κ2) is 4.99. The Bertz CT molecular complexity index is 300. The van der Waals surface area contributed by atoms with E-state index in [-0.39, 0.29) is 0 Å². The van der Waals surface area contributed by atoms with Crippen LogP contribution in [0, 0.1) is 0 Å². The molecule has 2 aliphatic rings. The third-order valence-corrected chi connectivity index (χ3v) is 2.89. The predicted molar refractivity (Wildman–Crippen MR) is 62.1 cm³/mol. The third-order valence-electron chi connectivity index (χ3n) is 2.89. The van der Waals surface area contributed by atoms with E-state index in [0.29, 0.717) is 0 Å². The quantitative estimate of drug-likeness (QED) is 0.535. The average Bonchev–Trinajstić information content (AvgIpc) is 2.18. The zero-order chi connectivity index (χ0) is 9.64. The summed E-state index contributed by atoms with van der Waals surface area (Å²) in [7, 11) is 0. The molecule has 0 bridgehead atoms. The maximum absolute atomic E-state index is 2.44. The molecule has 0 unspecified atom stereocenters. The Morgan fingerprint density at radius 2 is 1.64 bits per heavy atom. The second-order valence-corrected chi connectivity index (χ2v) is 3.96. The summed E-state index contributed by atoms with van der Waals surface area (Å²) in [6.45, 7) is 0. The first-order valence-corrected chi connectivity index (χ1v) is 5.65. The summed E-state index contributed by atoms with van der Waals surface area (Å²) in [6.07, 6.45) is 21.2. The van der Waals surface area contributed by atoms with Gasteiger partial charge in [-0.1, -0.05) is 36.5 Å². The molecule has 2 aliphatic carbocycles. The van der Waals surface area contributed by atoms with E-state index in [0.717, 1.165) is 12.8 Å². The summed E-state index contributed by atoms with van der Waals surface area (Å²) < 4.78 is 0. The molecule has 0 radical (unpaired) electrons. The van der Waals surface area contributed by atoms with Crippen molar-refractivity contribution in [3.8, 4) is 0 Å². The molecule has 0 N–H and O–H groups in total. The smallest absolute Gasteiger partial charge is 0.00978 e. The van der Waals surface area contributed by atoms with Crippen LogP contribution in [-0.2, 0) is 0 Å². The van der Waals surface area contributed by atoms with Crippen molar-refractivity contribution in [2.24, 2.45) is 0 Å². The van der Waals surface area contributed by atoms with Crippen molar-refractivity contribution in [3.63, 3.8) is 0 Å². The lowest BCUT2D eigenvalue weighted by Gasteiger charge is -2.13. The molecule has 74 valence electrons. The molecule has 0 heterocycles. The van der Waals surface area contributed by atoms with Gasteiger partial charge in [0, 0.05) is 0 Å². The highest BCUT2D eigenvalue weighted by molar-refractivity contribution is 5.35. The highest BCUT2D eigenvalue weighted by Crippen LogP contribution is 2.25. The van der Waals surface area contributed by atoms with Crippen molar-refractivity contribution in [1.29, 1.82) is 0 Å². The fraction of sp³-hybridized carbons (Fsp3) is 0.429. The minimum absolute atomic E-state index is 1.13. The van der Waals surface area contributed by atoms with Crippen LogP contribution in [0.3, 0.4) is 0 Å². The normalized spacial score (nSPS) is 22.3. The molecule has 14 heavy (non-hydrogen) atoms. The van der Waals surface area contributed by atoms with E-state index in [4.69, 9.17) is 0 Å². The van der Waals surface area contributed by atoms with Crippen molar-refractivity contribution in [2.45, 2.75) is 38.5 Å². The van der Waals surface area contributed by atoms with Gasteiger partial charge in [-0.2, -0.15) is 0 Å². The molecule has 0 aliphatic heterocycles. The van der Waals surface area contributed by atoms with E-state index in [1.807, 2.05) is 0 Å². The molecule has 0 aromatic carbocycles. The molecular formula is C14H18. The molecule has 0 nitrogen and oxygen atoms in total. The van der Waals surface area contributed by atoms with Crippen molar-refractivity contribution in [3.05, 3.63) is 47.6 Å². The summed E-state index contributed by atoms with van der Waals surface area (Å²) >= 11 is 0. The number of allylic oxidation sites excluding steroid dienone is 8. The van der Waals surface area contributed by atoms with Gasteiger partial charge in [0.2, 0.25) is 0 Å². The van der Waals surface area contributed by atoms with Gasteiger partial charge in [0.1, 0.15) is 0 Å². The van der Waals surface area contributed by atoms with E-state index in [1.54, 1.807) is 11.1 Å². The third kappa shape index (κ3) is 2.47. The Labute approximate surface area is 86.7 Å². The topological polar surface area (TPSA) is 0 Å². The number of hydrogen-bond donors (Lipinski definition) is 0. The van der Waals surface area contributed by atoms with E-state index in [2.05, 4.69) is 36.5 Å². The fourth-order valence-electron chi connectivity index (χ4n) is 2.08. The van der Waals surface area contributed by atoms with Gasteiger partial charge in [-0.3, -0.25) is 0 Å². The SMILES string of the molecule is C1=CCC(C2=CCCC=CCC2)=CC1. The highest BCUT2D eigenvalue weighted by Gasteiger charge is 2.05. The van der Waals surface area contributed by atoms with Crippen LogP contribution < -0.4 is 0 Å². The van der Waals surface area contributed by atoms with Crippen LogP contribution in [0.4, 0.5) is 0 Å². The van der Waals surface area contributed by atoms with E-state index in [1.165, 1.54) is 25.7 Å². The summed E-state index contributed by atoms with van der Waals surface area (Å²) in [5, 5.41) is 0. The van der Waals surface area contributed by atoms with Gasteiger partial charge in [-0.25, -0.2) is 0 Å². The molecule has 0 atom stereocenters. The highest BCUT2D eigenvalue weighted by atomic mass is 14.1. The Kier molecular flexibility index (Phi) is 3.39. The van der Waals surface area contributed by atoms with Gasteiger partial charge in [0.05, 0.1) is 0 Å². The Hall–Kier alpha value is -1.04. The van der Waals surface area contributed by atoms with E-state index >= 15 is 0 Å². The lowest BCUT2D eigenvalue weighted by atomic mass is 9.92. The first-order chi connectivity index (χ1) is 6.97. The van der Waals surface area contributed by atoms with Crippen molar-refractivity contribution in [1.82, 2.24) is 0 Å². The molecule has 2 rings (SSSR count). The fourth-order valence-corrected chi connectivity index (χ4v) is 2.08.